The van der Waals surface area contributed by atoms with E-state index >= 15 is 0 Å². The van der Waals surface area contributed by atoms with Crippen molar-refractivity contribution < 1.29 is 23.5 Å². The van der Waals surface area contributed by atoms with Crippen LogP contribution in [0.2, 0.25) is 0 Å². The predicted molar refractivity (Wildman–Crippen MR) is 60.6 cm³/mol. The number of hydrogen-bond acceptors (Lipinski definition) is 2. The first-order chi connectivity index (χ1) is 8.33. The number of carbonyl (C=O) groups excluding carboxylic acids is 1. The normalized spacial score (nSPS) is 22.6. The largest absolute Gasteiger partial charge is 0.481 e. The van der Waals surface area contributed by atoms with E-state index in [2.05, 4.69) is 5.32 Å². The maximum atomic E-state index is 13.4. The summed E-state index contributed by atoms with van der Waals surface area (Å²) < 4.78 is 26.8. The van der Waals surface area contributed by atoms with Crippen molar-refractivity contribution in [3.05, 3.63) is 0 Å². The molecule has 0 bridgehead atoms. The van der Waals surface area contributed by atoms with E-state index < -0.39 is 30.4 Å². The van der Waals surface area contributed by atoms with Crippen LogP contribution in [0, 0.1) is 5.92 Å². The highest BCUT2D eigenvalue weighted by Crippen LogP contribution is 2.32. The summed E-state index contributed by atoms with van der Waals surface area (Å²) in [7, 11) is 0. The molecule has 2 amide bonds. The van der Waals surface area contributed by atoms with E-state index in [0.717, 1.165) is 4.90 Å². The highest BCUT2D eigenvalue weighted by molar-refractivity contribution is 5.74. The first-order valence-corrected chi connectivity index (χ1v) is 5.95. The molecular weight excluding hydrogens is 246 g/mol. The molecule has 5 nitrogen and oxygen atoms in total. The lowest BCUT2D eigenvalue weighted by Crippen LogP contribution is -2.52. The van der Waals surface area contributed by atoms with Gasteiger partial charge in [0.05, 0.1) is 6.54 Å². The molecule has 1 rings (SSSR count). The Hall–Kier alpha value is -1.40. The van der Waals surface area contributed by atoms with E-state index in [-0.39, 0.29) is 19.4 Å². The molecule has 1 fully saturated rings. The van der Waals surface area contributed by atoms with Gasteiger partial charge in [-0.2, -0.15) is 0 Å². The summed E-state index contributed by atoms with van der Waals surface area (Å²) in [4.78, 5) is 22.9. The third kappa shape index (κ3) is 4.12. The molecule has 0 spiro atoms. The van der Waals surface area contributed by atoms with Crippen LogP contribution in [0.25, 0.3) is 0 Å². The van der Waals surface area contributed by atoms with Crippen LogP contribution in [0.3, 0.4) is 0 Å². The van der Waals surface area contributed by atoms with Gasteiger partial charge in [-0.15, -0.1) is 0 Å². The number of alkyl halides is 2. The number of amides is 2. The Morgan fingerprint density at radius 1 is 1.50 bits per heavy atom. The minimum atomic E-state index is -2.85. The molecule has 0 saturated carbocycles. The Bertz CT molecular complexity index is 323. The number of carbonyl (C=O) groups is 2. The average Bonchev–Trinajstić information content (AvgIpc) is 2.27. The highest BCUT2D eigenvalue weighted by Gasteiger charge is 2.43. The molecule has 1 aliphatic rings. The van der Waals surface area contributed by atoms with Crippen molar-refractivity contribution >= 4 is 12.0 Å². The zero-order chi connectivity index (χ0) is 13.8. The van der Waals surface area contributed by atoms with Crippen LogP contribution in [-0.4, -0.2) is 47.6 Å². The Morgan fingerprint density at radius 3 is 2.72 bits per heavy atom. The lowest BCUT2D eigenvalue weighted by molar-refractivity contribution is -0.137. The zero-order valence-electron chi connectivity index (χ0n) is 10.3. The van der Waals surface area contributed by atoms with E-state index in [4.69, 9.17) is 5.11 Å². The van der Waals surface area contributed by atoms with Gasteiger partial charge in [0.2, 0.25) is 0 Å². The maximum Gasteiger partial charge on any atom is 0.317 e. The molecule has 104 valence electrons. The Labute approximate surface area is 104 Å². The van der Waals surface area contributed by atoms with Gasteiger partial charge in [-0.3, -0.25) is 4.79 Å². The van der Waals surface area contributed by atoms with E-state index in [1.54, 1.807) is 0 Å². The number of aliphatic carboxylic acids is 1. The summed E-state index contributed by atoms with van der Waals surface area (Å²) in [5, 5.41) is 10.9. The van der Waals surface area contributed by atoms with Gasteiger partial charge >= 0.3 is 12.0 Å². The van der Waals surface area contributed by atoms with E-state index in [1.807, 2.05) is 0 Å². The van der Waals surface area contributed by atoms with Gasteiger partial charge in [0.1, 0.15) is 0 Å². The predicted octanol–water partition coefficient (Wildman–Crippen LogP) is 1.54. The van der Waals surface area contributed by atoms with Crippen molar-refractivity contribution in [2.45, 2.75) is 32.1 Å². The second kappa shape index (κ2) is 5.97. The van der Waals surface area contributed by atoms with Crippen LogP contribution >= 0.6 is 0 Å². The molecule has 1 saturated heterocycles. The van der Waals surface area contributed by atoms with Crippen molar-refractivity contribution in [2.75, 3.05) is 19.6 Å². The number of halogens is 2. The summed E-state index contributed by atoms with van der Waals surface area (Å²) in [6, 6.07) is -0.549. The van der Waals surface area contributed by atoms with Gasteiger partial charge in [-0.1, -0.05) is 6.92 Å². The van der Waals surface area contributed by atoms with Crippen LogP contribution in [0.4, 0.5) is 13.6 Å². The number of piperidine rings is 1. The first-order valence-electron chi connectivity index (χ1n) is 5.95. The quantitative estimate of drug-likeness (QED) is 0.757. The van der Waals surface area contributed by atoms with E-state index in [0.29, 0.717) is 13.0 Å². The molecular formula is C11H18F2N2O3. The molecule has 0 aliphatic carbocycles. The van der Waals surface area contributed by atoms with Gasteiger partial charge in [0, 0.05) is 25.4 Å². The molecule has 0 aromatic heterocycles. The summed E-state index contributed by atoms with van der Waals surface area (Å²) >= 11 is 0. The number of rotatable bonds is 4. The number of carboxylic acids is 1. The van der Waals surface area contributed by atoms with Crippen LogP contribution in [0.1, 0.15) is 26.2 Å². The van der Waals surface area contributed by atoms with E-state index in [1.165, 1.54) is 6.92 Å². The second-order valence-corrected chi connectivity index (χ2v) is 4.60. The topological polar surface area (TPSA) is 69.6 Å². The molecule has 2 N–H and O–H groups in total. The zero-order valence-corrected chi connectivity index (χ0v) is 10.3. The van der Waals surface area contributed by atoms with Crippen LogP contribution in [0.5, 0.6) is 0 Å². The van der Waals surface area contributed by atoms with Crippen molar-refractivity contribution in [1.82, 2.24) is 10.2 Å². The number of likely N-dealkylation sites (tertiary alicyclic amines) is 1. The summed E-state index contributed by atoms with van der Waals surface area (Å²) in [6.45, 7) is 1.39. The molecule has 0 aromatic rings. The average molecular weight is 264 g/mol. The fourth-order valence-electron chi connectivity index (χ4n) is 1.77. The number of nitrogens with zero attached hydrogens (tertiary/aromatic N) is 1. The van der Waals surface area contributed by atoms with Gasteiger partial charge < -0.3 is 15.3 Å². The Balaban J connectivity index is 2.32. The lowest BCUT2D eigenvalue weighted by atomic mass is 9.95. The van der Waals surface area contributed by atoms with Crippen molar-refractivity contribution in [1.29, 1.82) is 0 Å². The Kier molecular flexibility index (Phi) is 4.86. The van der Waals surface area contributed by atoms with Crippen LogP contribution in [-0.2, 0) is 4.79 Å². The fourth-order valence-corrected chi connectivity index (χ4v) is 1.77. The first kappa shape index (κ1) is 14.7. The molecule has 1 unspecified atom stereocenters. The fraction of sp³-hybridized carbons (Fsp3) is 0.818. The molecule has 1 atom stereocenters. The number of carboxylic acid groups (broad SMARTS) is 1. The molecule has 1 heterocycles. The van der Waals surface area contributed by atoms with Gasteiger partial charge in [0.25, 0.3) is 5.92 Å². The molecule has 7 heteroatoms. The number of hydrogen-bond donors (Lipinski definition) is 2. The van der Waals surface area contributed by atoms with Crippen LogP contribution < -0.4 is 5.32 Å². The standard InChI is InChI=1S/C11H18F2N2O3/c1-8-4-6-15(7-11(8,12)13)10(18)14-5-2-3-9(16)17/h8H,2-7H2,1H3,(H,14,18)(H,16,17). The maximum absolute atomic E-state index is 13.4. The minimum Gasteiger partial charge on any atom is -0.481 e. The van der Waals surface area contributed by atoms with E-state index in [9.17, 15) is 18.4 Å². The summed E-state index contributed by atoms with van der Waals surface area (Å²) in [5.74, 6) is -4.51. The minimum absolute atomic E-state index is 0.0481. The van der Waals surface area contributed by atoms with Crippen molar-refractivity contribution in [3.8, 4) is 0 Å². The monoisotopic (exact) mass is 264 g/mol. The summed E-state index contributed by atoms with van der Waals surface area (Å²) in [6.07, 6.45) is 0.519. The molecule has 0 aromatic carbocycles. The molecule has 0 radical (unpaired) electrons. The highest BCUT2D eigenvalue weighted by atomic mass is 19.3. The smallest absolute Gasteiger partial charge is 0.317 e. The lowest BCUT2D eigenvalue weighted by Gasteiger charge is -2.36. The van der Waals surface area contributed by atoms with Crippen molar-refractivity contribution in [3.63, 3.8) is 0 Å². The van der Waals surface area contributed by atoms with Crippen LogP contribution in [0.15, 0.2) is 0 Å². The van der Waals surface area contributed by atoms with Gasteiger partial charge in [-0.05, 0) is 12.8 Å². The van der Waals surface area contributed by atoms with Gasteiger partial charge in [0.15, 0.2) is 0 Å². The van der Waals surface area contributed by atoms with Crippen molar-refractivity contribution in [2.24, 2.45) is 5.92 Å². The van der Waals surface area contributed by atoms with Gasteiger partial charge in [-0.25, -0.2) is 13.6 Å². The number of urea groups is 1. The Morgan fingerprint density at radius 2 is 2.17 bits per heavy atom. The third-order valence-electron chi connectivity index (χ3n) is 3.09. The number of nitrogens with one attached hydrogen (secondary N) is 1. The SMILES string of the molecule is CC1CCN(C(=O)NCCCC(=O)O)CC1(F)F. The molecule has 18 heavy (non-hydrogen) atoms. The third-order valence-corrected chi connectivity index (χ3v) is 3.09. The molecule has 1 aliphatic heterocycles. The second-order valence-electron chi connectivity index (χ2n) is 4.60. The summed E-state index contributed by atoms with van der Waals surface area (Å²) in [5.41, 5.74) is 0.